The van der Waals surface area contributed by atoms with Gasteiger partial charge >= 0.3 is 0 Å². The largest absolute Gasteiger partial charge is 0.496 e. The van der Waals surface area contributed by atoms with Crippen molar-refractivity contribution < 1.29 is 9.47 Å². The summed E-state index contributed by atoms with van der Waals surface area (Å²) in [6, 6.07) is 8.27. The molecule has 0 aliphatic carbocycles. The molecule has 0 unspecified atom stereocenters. The molecule has 0 saturated heterocycles. The minimum atomic E-state index is 0.909. The van der Waals surface area contributed by atoms with Crippen molar-refractivity contribution in [3.05, 3.63) is 29.8 Å². The fourth-order valence-corrected chi connectivity index (χ4v) is 1.95. The number of methoxy groups -OCH3 is 1. The molecule has 0 aliphatic heterocycles. The predicted molar refractivity (Wildman–Crippen MR) is 76.3 cm³/mol. The molecule has 18 heavy (non-hydrogen) atoms. The van der Waals surface area contributed by atoms with Crippen molar-refractivity contribution in [2.24, 2.45) is 0 Å². The van der Waals surface area contributed by atoms with Gasteiger partial charge in [-0.1, -0.05) is 38.0 Å². The number of unbranched alkanes of at least 4 members (excludes halogenated alkanes) is 3. The van der Waals surface area contributed by atoms with Crippen LogP contribution in [0.25, 0.3) is 0 Å². The zero-order valence-electron chi connectivity index (χ0n) is 11.8. The molecule has 1 aromatic rings. The van der Waals surface area contributed by atoms with Crippen LogP contribution in [-0.2, 0) is 11.2 Å². The molecule has 2 nitrogen and oxygen atoms in total. The zero-order valence-corrected chi connectivity index (χ0v) is 11.8. The summed E-state index contributed by atoms with van der Waals surface area (Å²) in [6.07, 6.45) is 7.09. The van der Waals surface area contributed by atoms with Gasteiger partial charge in [0.05, 0.1) is 7.11 Å². The third-order valence-electron chi connectivity index (χ3n) is 3.07. The van der Waals surface area contributed by atoms with Crippen LogP contribution >= 0.6 is 0 Å². The van der Waals surface area contributed by atoms with Gasteiger partial charge in [0.2, 0.25) is 0 Å². The van der Waals surface area contributed by atoms with Crippen LogP contribution in [0.3, 0.4) is 0 Å². The van der Waals surface area contributed by atoms with Gasteiger partial charge in [0, 0.05) is 13.2 Å². The van der Waals surface area contributed by atoms with Gasteiger partial charge in [-0.2, -0.15) is 0 Å². The molecule has 0 saturated carbocycles. The molecule has 0 N–H and O–H groups in total. The number of aryl methyl sites for hydroxylation is 1. The van der Waals surface area contributed by atoms with E-state index < -0.39 is 0 Å². The van der Waals surface area contributed by atoms with Crippen molar-refractivity contribution in [1.82, 2.24) is 0 Å². The van der Waals surface area contributed by atoms with Gasteiger partial charge in [-0.15, -0.1) is 0 Å². The Balaban J connectivity index is 2.07. The Morgan fingerprint density at radius 2 is 1.72 bits per heavy atom. The summed E-state index contributed by atoms with van der Waals surface area (Å²) in [6.45, 7) is 4.02. The van der Waals surface area contributed by atoms with Crippen LogP contribution in [-0.4, -0.2) is 20.3 Å². The van der Waals surface area contributed by atoms with Gasteiger partial charge in [0.15, 0.2) is 0 Å². The molecule has 0 spiro atoms. The van der Waals surface area contributed by atoms with Crippen molar-refractivity contribution in [2.75, 3.05) is 20.3 Å². The lowest BCUT2D eigenvalue weighted by Gasteiger charge is -2.08. The lowest BCUT2D eigenvalue weighted by molar-refractivity contribution is 0.127. The molecule has 2 heteroatoms. The fourth-order valence-electron chi connectivity index (χ4n) is 1.95. The Bertz CT molecular complexity index is 310. The molecule has 0 fully saturated rings. The average molecular weight is 250 g/mol. The zero-order chi connectivity index (χ0) is 13.1. The lowest BCUT2D eigenvalue weighted by Crippen LogP contribution is -1.97. The molecule has 0 aromatic heterocycles. The first-order valence-electron chi connectivity index (χ1n) is 7.08. The van der Waals surface area contributed by atoms with Crippen LogP contribution in [0, 0.1) is 0 Å². The highest BCUT2D eigenvalue weighted by Gasteiger charge is 2.00. The van der Waals surface area contributed by atoms with E-state index in [0.717, 1.165) is 25.4 Å². The second-order valence-electron chi connectivity index (χ2n) is 4.59. The van der Waals surface area contributed by atoms with Crippen molar-refractivity contribution in [2.45, 2.75) is 45.4 Å². The van der Waals surface area contributed by atoms with Gasteiger partial charge < -0.3 is 9.47 Å². The van der Waals surface area contributed by atoms with E-state index in [2.05, 4.69) is 19.1 Å². The van der Waals surface area contributed by atoms with Gasteiger partial charge in [-0.25, -0.2) is 0 Å². The van der Waals surface area contributed by atoms with Gasteiger partial charge in [-0.05, 0) is 37.3 Å². The van der Waals surface area contributed by atoms with Crippen LogP contribution in [0.1, 0.15) is 44.6 Å². The van der Waals surface area contributed by atoms with Crippen LogP contribution in [0.2, 0.25) is 0 Å². The predicted octanol–water partition coefficient (Wildman–Crippen LogP) is 4.22. The molecular weight excluding hydrogens is 224 g/mol. The van der Waals surface area contributed by atoms with Crippen molar-refractivity contribution in [3.8, 4) is 5.75 Å². The molecule has 0 aliphatic rings. The first-order chi connectivity index (χ1) is 8.88. The van der Waals surface area contributed by atoms with Crippen LogP contribution in [0.4, 0.5) is 0 Å². The molecule has 1 rings (SSSR count). The normalized spacial score (nSPS) is 10.6. The summed E-state index contributed by atoms with van der Waals surface area (Å²) < 4.78 is 10.9. The van der Waals surface area contributed by atoms with E-state index in [4.69, 9.17) is 9.47 Å². The number of ether oxygens (including phenoxy) is 2. The van der Waals surface area contributed by atoms with Crippen molar-refractivity contribution >= 4 is 0 Å². The third kappa shape index (κ3) is 6.06. The smallest absolute Gasteiger partial charge is 0.122 e. The van der Waals surface area contributed by atoms with E-state index >= 15 is 0 Å². The summed E-state index contributed by atoms with van der Waals surface area (Å²) in [7, 11) is 1.74. The summed E-state index contributed by atoms with van der Waals surface area (Å²) in [4.78, 5) is 0. The lowest BCUT2D eigenvalue weighted by atomic mass is 10.1. The molecule has 102 valence electrons. The average Bonchev–Trinajstić information content (AvgIpc) is 2.42. The molecule has 0 amide bonds. The van der Waals surface area contributed by atoms with E-state index in [-0.39, 0.29) is 0 Å². The molecule has 0 bridgehead atoms. The van der Waals surface area contributed by atoms with E-state index in [9.17, 15) is 0 Å². The molecule has 1 aromatic carbocycles. The third-order valence-corrected chi connectivity index (χ3v) is 3.07. The quantitative estimate of drug-likeness (QED) is 0.579. The second-order valence-corrected chi connectivity index (χ2v) is 4.59. The number of hydrogen-bond donors (Lipinski definition) is 0. The highest BCUT2D eigenvalue weighted by molar-refractivity contribution is 5.33. The molecule has 0 radical (unpaired) electrons. The molecule has 0 heterocycles. The van der Waals surface area contributed by atoms with Crippen molar-refractivity contribution in [1.29, 1.82) is 0 Å². The first kappa shape index (κ1) is 15.0. The topological polar surface area (TPSA) is 18.5 Å². The number of rotatable bonds is 10. The minimum Gasteiger partial charge on any atom is -0.496 e. The number of para-hydroxylation sites is 1. The van der Waals surface area contributed by atoms with Crippen LogP contribution in [0.5, 0.6) is 5.75 Å². The Morgan fingerprint density at radius 1 is 0.944 bits per heavy atom. The first-order valence-corrected chi connectivity index (χ1v) is 7.08. The van der Waals surface area contributed by atoms with E-state index in [1.165, 1.54) is 37.7 Å². The van der Waals surface area contributed by atoms with Crippen LogP contribution in [0.15, 0.2) is 24.3 Å². The SMILES string of the molecule is CCCCOCCCCCc1ccccc1OC. The highest BCUT2D eigenvalue weighted by Crippen LogP contribution is 2.19. The standard InChI is InChI=1S/C16H26O2/c1-3-4-13-18-14-9-5-6-10-15-11-7-8-12-16(15)17-2/h7-8,11-12H,3-6,9-10,13-14H2,1-2H3. The van der Waals surface area contributed by atoms with Crippen molar-refractivity contribution in [3.63, 3.8) is 0 Å². The minimum absolute atomic E-state index is 0.909. The summed E-state index contributed by atoms with van der Waals surface area (Å²) in [5, 5.41) is 0. The summed E-state index contributed by atoms with van der Waals surface area (Å²) >= 11 is 0. The summed E-state index contributed by atoms with van der Waals surface area (Å²) in [5.74, 6) is 1.01. The van der Waals surface area contributed by atoms with Crippen LogP contribution < -0.4 is 4.74 Å². The Labute approximate surface area is 111 Å². The molecule has 0 atom stereocenters. The maximum absolute atomic E-state index is 5.55. The maximum Gasteiger partial charge on any atom is 0.122 e. The van der Waals surface area contributed by atoms with Gasteiger partial charge in [0.25, 0.3) is 0 Å². The fraction of sp³-hybridized carbons (Fsp3) is 0.625. The van der Waals surface area contributed by atoms with E-state index in [1.807, 2.05) is 12.1 Å². The van der Waals surface area contributed by atoms with E-state index in [0.29, 0.717) is 0 Å². The molecular formula is C16H26O2. The highest BCUT2D eigenvalue weighted by atomic mass is 16.5. The monoisotopic (exact) mass is 250 g/mol. The van der Waals surface area contributed by atoms with Gasteiger partial charge in [-0.3, -0.25) is 0 Å². The second kappa shape index (κ2) is 9.95. The Kier molecular flexibility index (Phi) is 8.32. The van der Waals surface area contributed by atoms with E-state index in [1.54, 1.807) is 7.11 Å². The Hall–Kier alpha value is -1.02. The maximum atomic E-state index is 5.55. The Morgan fingerprint density at radius 3 is 2.50 bits per heavy atom. The number of hydrogen-bond acceptors (Lipinski definition) is 2. The number of benzene rings is 1. The summed E-state index contributed by atoms with van der Waals surface area (Å²) in [5.41, 5.74) is 1.31. The van der Waals surface area contributed by atoms with Gasteiger partial charge in [0.1, 0.15) is 5.75 Å².